The van der Waals surface area contributed by atoms with E-state index in [1.165, 1.54) is 16.4 Å². The third-order valence-corrected chi connectivity index (χ3v) is 4.87. The van der Waals surface area contributed by atoms with Crippen molar-refractivity contribution in [2.45, 2.75) is 5.03 Å². The van der Waals surface area contributed by atoms with Gasteiger partial charge in [-0.1, -0.05) is 0 Å². The molecule has 138 valence electrons. The fraction of sp³-hybridized carbons (Fsp3) is 0.353. The Morgan fingerprint density at radius 2 is 1.85 bits per heavy atom. The number of amides is 1. The molecule has 0 atom stereocenters. The highest BCUT2D eigenvalue weighted by molar-refractivity contribution is 7.98. The summed E-state index contributed by atoms with van der Waals surface area (Å²) in [7, 11) is 1.56. The predicted octanol–water partition coefficient (Wildman–Crippen LogP) is 1.36. The van der Waals surface area contributed by atoms with Gasteiger partial charge in [-0.2, -0.15) is 4.68 Å². The molecule has 2 aromatic rings. The maximum atomic E-state index is 12.9. The molecule has 2 heterocycles. The molecule has 1 aliphatic rings. The van der Waals surface area contributed by atoms with E-state index in [0.29, 0.717) is 42.6 Å². The number of anilines is 1. The highest BCUT2D eigenvalue weighted by Gasteiger charge is 2.29. The van der Waals surface area contributed by atoms with E-state index in [1.54, 1.807) is 42.5 Å². The first-order chi connectivity index (χ1) is 12.6. The third kappa shape index (κ3) is 3.40. The molecule has 0 unspecified atom stereocenters. The van der Waals surface area contributed by atoms with Crippen molar-refractivity contribution in [2.24, 2.45) is 0 Å². The second-order valence-electron chi connectivity index (χ2n) is 5.62. The molecule has 1 aliphatic heterocycles. The Labute approximate surface area is 155 Å². The minimum absolute atomic E-state index is 0.0488. The van der Waals surface area contributed by atoms with Crippen LogP contribution in [0.3, 0.4) is 0 Å². The average Bonchev–Trinajstić information content (AvgIpc) is 3.03. The van der Waals surface area contributed by atoms with Gasteiger partial charge in [0.1, 0.15) is 16.3 Å². The van der Waals surface area contributed by atoms with Crippen molar-refractivity contribution in [1.29, 1.82) is 0 Å². The summed E-state index contributed by atoms with van der Waals surface area (Å²) in [6, 6.07) is 6.68. The largest absolute Gasteiger partial charge is 0.497 e. The van der Waals surface area contributed by atoms with E-state index in [2.05, 4.69) is 5.10 Å². The van der Waals surface area contributed by atoms with Gasteiger partial charge in [-0.3, -0.25) is 9.59 Å². The van der Waals surface area contributed by atoms with Gasteiger partial charge in [0.05, 0.1) is 20.3 Å². The Hall–Kier alpha value is -2.52. The quantitative estimate of drug-likeness (QED) is 0.804. The Morgan fingerprint density at radius 3 is 2.42 bits per heavy atom. The Morgan fingerprint density at radius 1 is 1.19 bits per heavy atom. The van der Waals surface area contributed by atoms with Crippen LogP contribution >= 0.6 is 11.8 Å². The minimum atomic E-state index is -0.357. The number of thioether (sulfide) groups is 1. The number of hydrogen-bond donors (Lipinski definition) is 1. The van der Waals surface area contributed by atoms with Crippen LogP contribution in [0.1, 0.15) is 20.7 Å². The molecule has 2 N–H and O–H groups in total. The predicted molar refractivity (Wildman–Crippen MR) is 97.9 cm³/mol. The van der Waals surface area contributed by atoms with E-state index >= 15 is 0 Å². The Balaban J connectivity index is 1.95. The van der Waals surface area contributed by atoms with Crippen LogP contribution in [0.4, 0.5) is 5.82 Å². The van der Waals surface area contributed by atoms with Crippen LogP contribution in [-0.4, -0.2) is 66.2 Å². The molecule has 1 aromatic carbocycles. The number of benzene rings is 1. The van der Waals surface area contributed by atoms with Gasteiger partial charge in [-0.05, 0) is 30.5 Å². The lowest BCUT2D eigenvalue weighted by atomic mass is 10.2. The van der Waals surface area contributed by atoms with Crippen LogP contribution in [0.25, 0.3) is 0 Å². The fourth-order valence-electron chi connectivity index (χ4n) is 2.73. The maximum Gasteiger partial charge on any atom is 0.279 e. The molecule has 8 nitrogen and oxygen atoms in total. The summed E-state index contributed by atoms with van der Waals surface area (Å²) in [6.07, 6.45) is 1.78. The van der Waals surface area contributed by atoms with Crippen LogP contribution in [0.15, 0.2) is 29.3 Å². The van der Waals surface area contributed by atoms with Gasteiger partial charge in [-0.15, -0.1) is 16.9 Å². The molecule has 1 fully saturated rings. The summed E-state index contributed by atoms with van der Waals surface area (Å²) in [6.45, 7) is 1.95. The van der Waals surface area contributed by atoms with Crippen LogP contribution < -0.4 is 10.5 Å². The van der Waals surface area contributed by atoms with Gasteiger partial charge in [0.25, 0.3) is 11.8 Å². The van der Waals surface area contributed by atoms with Crippen molar-refractivity contribution < 1.29 is 19.1 Å². The molecule has 1 saturated heterocycles. The van der Waals surface area contributed by atoms with Crippen molar-refractivity contribution in [3.05, 3.63) is 35.4 Å². The number of aromatic nitrogens is 2. The number of nitrogens with zero attached hydrogens (tertiary/aromatic N) is 3. The fourth-order valence-corrected chi connectivity index (χ4v) is 3.42. The van der Waals surface area contributed by atoms with Crippen LogP contribution in [0, 0.1) is 0 Å². The smallest absolute Gasteiger partial charge is 0.279 e. The number of nitrogens with two attached hydrogens (primary N) is 1. The van der Waals surface area contributed by atoms with Crippen molar-refractivity contribution in [2.75, 3.05) is 45.4 Å². The molecule has 0 saturated carbocycles. The van der Waals surface area contributed by atoms with Gasteiger partial charge in [0.2, 0.25) is 0 Å². The van der Waals surface area contributed by atoms with Crippen LogP contribution in [0.2, 0.25) is 0 Å². The lowest BCUT2D eigenvalue weighted by Gasteiger charge is -2.26. The number of ether oxygens (including phenoxy) is 2. The highest BCUT2D eigenvalue weighted by Crippen LogP contribution is 2.28. The summed E-state index contributed by atoms with van der Waals surface area (Å²) >= 11 is 1.26. The van der Waals surface area contributed by atoms with E-state index in [0.717, 1.165) is 0 Å². The number of nitrogen functional groups attached to an aromatic ring is 1. The standard InChI is InChI=1S/C17H20N4O4S/c1-24-12-5-3-11(4-6-12)15(22)21-17(26-2)13(14(18)19-21)16(23)20-7-9-25-10-8-20/h3-6H,7-10H2,1-2H3,(H2,18,19). The Bertz CT molecular complexity index is 813. The molecule has 0 spiro atoms. The van der Waals surface area contributed by atoms with Crippen LogP contribution in [0.5, 0.6) is 5.75 Å². The van der Waals surface area contributed by atoms with E-state index in [1.807, 2.05) is 0 Å². The maximum absolute atomic E-state index is 12.9. The molecule has 0 aliphatic carbocycles. The first kappa shape index (κ1) is 18.3. The lowest BCUT2D eigenvalue weighted by Crippen LogP contribution is -2.41. The van der Waals surface area contributed by atoms with Crippen LogP contribution in [-0.2, 0) is 4.74 Å². The zero-order valence-electron chi connectivity index (χ0n) is 14.6. The molecule has 3 rings (SSSR count). The first-order valence-corrected chi connectivity index (χ1v) is 9.27. The van der Waals surface area contributed by atoms with Crippen molar-refractivity contribution in [3.8, 4) is 5.75 Å². The van der Waals surface area contributed by atoms with Gasteiger partial charge in [0.15, 0.2) is 5.82 Å². The highest BCUT2D eigenvalue weighted by atomic mass is 32.2. The number of morpholine rings is 1. The lowest BCUT2D eigenvalue weighted by molar-refractivity contribution is 0.0301. The summed E-state index contributed by atoms with van der Waals surface area (Å²) in [5, 5.41) is 4.56. The first-order valence-electron chi connectivity index (χ1n) is 8.05. The zero-order chi connectivity index (χ0) is 18.7. The van der Waals surface area contributed by atoms with E-state index in [4.69, 9.17) is 15.2 Å². The molecule has 1 amide bonds. The molecular formula is C17H20N4O4S. The number of hydrogen-bond acceptors (Lipinski definition) is 7. The number of methoxy groups -OCH3 is 1. The molecule has 1 aromatic heterocycles. The number of carbonyl (C=O) groups excluding carboxylic acids is 2. The minimum Gasteiger partial charge on any atom is -0.497 e. The molecule has 9 heteroatoms. The second-order valence-corrected chi connectivity index (χ2v) is 6.41. The van der Waals surface area contributed by atoms with E-state index in [-0.39, 0.29) is 23.2 Å². The Kier molecular flexibility index (Phi) is 5.48. The topological polar surface area (TPSA) is 99.7 Å². The van der Waals surface area contributed by atoms with E-state index in [9.17, 15) is 9.59 Å². The van der Waals surface area contributed by atoms with Gasteiger partial charge in [-0.25, -0.2) is 0 Å². The normalized spacial score (nSPS) is 14.3. The van der Waals surface area contributed by atoms with Gasteiger partial charge >= 0.3 is 0 Å². The molecule has 0 bridgehead atoms. The van der Waals surface area contributed by atoms with Gasteiger partial charge < -0.3 is 20.1 Å². The van der Waals surface area contributed by atoms with Crippen molar-refractivity contribution >= 4 is 29.4 Å². The molecule has 0 radical (unpaired) electrons. The van der Waals surface area contributed by atoms with E-state index < -0.39 is 0 Å². The van der Waals surface area contributed by atoms with Crippen molar-refractivity contribution in [1.82, 2.24) is 14.7 Å². The second kappa shape index (κ2) is 7.79. The summed E-state index contributed by atoms with van der Waals surface area (Å²) in [5.41, 5.74) is 6.68. The van der Waals surface area contributed by atoms with Crippen molar-refractivity contribution in [3.63, 3.8) is 0 Å². The number of carbonyl (C=O) groups is 2. The SMILES string of the molecule is COc1ccc(C(=O)n2nc(N)c(C(=O)N3CCOCC3)c2SC)cc1. The average molecular weight is 376 g/mol. The molecule has 26 heavy (non-hydrogen) atoms. The number of rotatable bonds is 4. The zero-order valence-corrected chi connectivity index (χ0v) is 15.4. The summed E-state index contributed by atoms with van der Waals surface area (Å²) in [5.74, 6) is 0.108. The monoisotopic (exact) mass is 376 g/mol. The summed E-state index contributed by atoms with van der Waals surface area (Å²) < 4.78 is 11.6. The summed E-state index contributed by atoms with van der Waals surface area (Å²) in [4.78, 5) is 27.4. The third-order valence-electron chi connectivity index (χ3n) is 4.10. The van der Waals surface area contributed by atoms with Gasteiger partial charge in [0, 0.05) is 18.7 Å². The molecular weight excluding hydrogens is 356 g/mol.